The van der Waals surface area contributed by atoms with Crippen LogP contribution < -0.4 is 0 Å². The van der Waals surface area contributed by atoms with Crippen molar-refractivity contribution < 1.29 is 33.2 Å². The predicted octanol–water partition coefficient (Wildman–Crippen LogP) is 0.172. The van der Waals surface area contributed by atoms with E-state index in [-0.39, 0.29) is 18.3 Å². The van der Waals surface area contributed by atoms with Gasteiger partial charge < -0.3 is 28.4 Å². The molecule has 0 aliphatic heterocycles. The standard InChI is InChI=1S/C13H26O7S/c1-15-2-3-16-4-5-17-6-7-18-8-9-19-10-11-20-13(14)12-21/h21H,2-12H2,1H3. The van der Waals surface area contributed by atoms with Gasteiger partial charge in [0.1, 0.15) is 6.61 Å². The van der Waals surface area contributed by atoms with Crippen LogP contribution in [0.5, 0.6) is 0 Å². The molecule has 0 N–H and O–H groups in total. The third-order valence-electron chi connectivity index (χ3n) is 2.17. The Morgan fingerprint density at radius 1 is 0.714 bits per heavy atom. The molecule has 7 nitrogen and oxygen atoms in total. The van der Waals surface area contributed by atoms with E-state index in [2.05, 4.69) is 12.6 Å². The van der Waals surface area contributed by atoms with Crippen LogP contribution in [0.2, 0.25) is 0 Å². The average Bonchev–Trinajstić information content (AvgIpc) is 2.50. The molecule has 0 saturated heterocycles. The fraction of sp³-hybridized carbons (Fsp3) is 0.923. The van der Waals surface area contributed by atoms with Crippen molar-refractivity contribution in [2.75, 3.05) is 78.9 Å². The van der Waals surface area contributed by atoms with E-state index in [1.165, 1.54) is 0 Å². The van der Waals surface area contributed by atoms with Crippen molar-refractivity contribution >= 4 is 18.6 Å². The minimum atomic E-state index is -0.346. The summed E-state index contributed by atoms with van der Waals surface area (Å²) in [7, 11) is 1.63. The zero-order chi connectivity index (χ0) is 15.6. The van der Waals surface area contributed by atoms with Crippen molar-refractivity contribution in [3.63, 3.8) is 0 Å². The van der Waals surface area contributed by atoms with Crippen LogP contribution >= 0.6 is 12.6 Å². The number of thiol groups is 1. The van der Waals surface area contributed by atoms with Crippen LogP contribution in [0, 0.1) is 0 Å². The lowest BCUT2D eigenvalue weighted by Crippen LogP contribution is -2.15. The van der Waals surface area contributed by atoms with Gasteiger partial charge in [0.2, 0.25) is 0 Å². The van der Waals surface area contributed by atoms with Crippen LogP contribution in [0.3, 0.4) is 0 Å². The molecule has 0 aliphatic rings. The van der Waals surface area contributed by atoms with Crippen molar-refractivity contribution in [3.8, 4) is 0 Å². The fourth-order valence-corrected chi connectivity index (χ4v) is 1.26. The lowest BCUT2D eigenvalue weighted by Gasteiger charge is -2.07. The predicted molar refractivity (Wildman–Crippen MR) is 80.0 cm³/mol. The van der Waals surface area contributed by atoms with Crippen molar-refractivity contribution in [1.29, 1.82) is 0 Å². The lowest BCUT2D eigenvalue weighted by molar-refractivity contribution is -0.142. The van der Waals surface area contributed by atoms with E-state index in [0.717, 1.165) is 0 Å². The second-order valence-corrected chi connectivity index (χ2v) is 4.14. The number of hydrogen-bond acceptors (Lipinski definition) is 8. The van der Waals surface area contributed by atoms with Gasteiger partial charge in [-0.15, -0.1) is 0 Å². The van der Waals surface area contributed by atoms with Gasteiger partial charge in [0.25, 0.3) is 0 Å². The van der Waals surface area contributed by atoms with Gasteiger partial charge in [-0.3, -0.25) is 4.79 Å². The Morgan fingerprint density at radius 2 is 1.10 bits per heavy atom. The molecule has 0 bridgehead atoms. The molecule has 0 radical (unpaired) electrons. The van der Waals surface area contributed by atoms with Crippen LogP contribution in [-0.4, -0.2) is 84.9 Å². The zero-order valence-electron chi connectivity index (χ0n) is 12.6. The summed E-state index contributed by atoms with van der Waals surface area (Å²) < 4.78 is 30.7. The monoisotopic (exact) mass is 326 g/mol. The second kappa shape index (κ2) is 17.7. The van der Waals surface area contributed by atoms with Gasteiger partial charge >= 0.3 is 5.97 Å². The van der Waals surface area contributed by atoms with Crippen LogP contribution in [0.1, 0.15) is 0 Å². The summed E-state index contributed by atoms with van der Waals surface area (Å²) in [6, 6.07) is 0. The highest BCUT2D eigenvalue weighted by molar-refractivity contribution is 7.81. The lowest BCUT2D eigenvalue weighted by atomic mass is 10.7. The molecule has 0 aromatic heterocycles. The zero-order valence-corrected chi connectivity index (χ0v) is 13.5. The highest BCUT2D eigenvalue weighted by Crippen LogP contribution is 1.85. The molecule has 0 heterocycles. The molecule has 0 fully saturated rings. The number of esters is 1. The molecule has 0 aliphatic carbocycles. The molecule has 8 heteroatoms. The highest BCUT2D eigenvalue weighted by Gasteiger charge is 1.97. The van der Waals surface area contributed by atoms with E-state index < -0.39 is 0 Å². The molecule has 0 atom stereocenters. The van der Waals surface area contributed by atoms with Crippen LogP contribution in [-0.2, 0) is 33.2 Å². The van der Waals surface area contributed by atoms with E-state index in [9.17, 15) is 4.79 Å². The molecular weight excluding hydrogens is 300 g/mol. The third-order valence-corrected chi connectivity index (χ3v) is 2.43. The van der Waals surface area contributed by atoms with E-state index in [1.54, 1.807) is 7.11 Å². The molecule has 0 unspecified atom stereocenters. The summed E-state index contributed by atoms with van der Waals surface area (Å²) in [5.41, 5.74) is 0. The normalized spacial score (nSPS) is 10.8. The highest BCUT2D eigenvalue weighted by atomic mass is 32.1. The maximum absolute atomic E-state index is 10.7. The van der Waals surface area contributed by atoms with Gasteiger partial charge in [0, 0.05) is 7.11 Å². The second-order valence-electron chi connectivity index (χ2n) is 3.82. The number of ether oxygens (including phenoxy) is 6. The Bertz CT molecular complexity index is 229. The molecule has 0 spiro atoms. The molecule has 0 aromatic carbocycles. The smallest absolute Gasteiger partial charge is 0.315 e. The van der Waals surface area contributed by atoms with Crippen LogP contribution in [0.4, 0.5) is 0 Å². The first-order chi connectivity index (χ1) is 10.3. The molecule has 21 heavy (non-hydrogen) atoms. The Hall–Kier alpha value is -0.380. The molecular formula is C13H26O7S. The van der Waals surface area contributed by atoms with Gasteiger partial charge in [-0.1, -0.05) is 0 Å². The van der Waals surface area contributed by atoms with E-state index in [1.807, 2.05) is 0 Å². The Balaban J connectivity index is 2.98. The van der Waals surface area contributed by atoms with Crippen molar-refractivity contribution in [1.82, 2.24) is 0 Å². The summed E-state index contributed by atoms with van der Waals surface area (Å²) in [4.78, 5) is 10.7. The maximum atomic E-state index is 10.7. The van der Waals surface area contributed by atoms with Crippen molar-refractivity contribution in [2.45, 2.75) is 0 Å². The summed E-state index contributed by atoms with van der Waals surface area (Å²) in [6.07, 6.45) is 0. The number of methoxy groups -OCH3 is 1. The minimum Gasteiger partial charge on any atom is -0.463 e. The van der Waals surface area contributed by atoms with Crippen LogP contribution in [0.15, 0.2) is 0 Å². The topological polar surface area (TPSA) is 72.5 Å². The Labute approximate surface area is 131 Å². The minimum absolute atomic E-state index is 0.0839. The average molecular weight is 326 g/mol. The number of carbonyl (C=O) groups excluding carboxylic acids is 1. The summed E-state index contributed by atoms with van der Waals surface area (Å²) in [5, 5.41) is 0. The van der Waals surface area contributed by atoms with E-state index in [0.29, 0.717) is 59.5 Å². The maximum Gasteiger partial charge on any atom is 0.315 e. The summed E-state index contributed by atoms with van der Waals surface area (Å²) in [5.74, 6) is -0.262. The third kappa shape index (κ3) is 17.6. The Kier molecular flexibility index (Phi) is 17.4. The molecule has 126 valence electrons. The molecule has 0 saturated carbocycles. The van der Waals surface area contributed by atoms with Gasteiger partial charge in [0.15, 0.2) is 0 Å². The van der Waals surface area contributed by atoms with Crippen molar-refractivity contribution in [3.05, 3.63) is 0 Å². The van der Waals surface area contributed by atoms with Gasteiger partial charge in [0.05, 0.1) is 65.2 Å². The number of rotatable bonds is 16. The van der Waals surface area contributed by atoms with E-state index >= 15 is 0 Å². The van der Waals surface area contributed by atoms with Crippen LogP contribution in [0.25, 0.3) is 0 Å². The Morgan fingerprint density at radius 3 is 1.48 bits per heavy atom. The number of carbonyl (C=O) groups is 1. The largest absolute Gasteiger partial charge is 0.463 e. The van der Waals surface area contributed by atoms with Gasteiger partial charge in [-0.05, 0) is 0 Å². The summed E-state index contributed by atoms with van der Waals surface area (Å²) in [6.45, 7) is 4.84. The molecule has 0 aromatic rings. The van der Waals surface area contributed by atoms with E-state index in [4.69, 9.17) is 28.4 Å². The quantitative estimate of drug-likeness (QED) is 0.246. The molecule has 0 rings (SSSR count). The van der Waals surface area contributed by atoms with Crippen molar-refractivity contribution in [2.24, 2.45) is 0 Å². The SMILES string of the molecule is COCCOCCOCCOCCOCCOC(=O)CS. The van der Waals surface area contributed by atoms with Gasteiger partial charge in [-0.2, -0.15) is 12.6 Å². The first kappa shape index (κ1) is 20.6. The summed E-state index contributed by atoms with van der Waals surface area (Å²) >= 11 is 3.78. The first-order valence-electron chi connectivity index (χ1n) is 6.87. The molecule has 0 amide bonds. The first-order valence-corrected chi connectivity index (χ1v) is 7.51. The fourth-order valence-electron chi connectivity index (χ4n) is 1.16. The number of hydrogen-bond donors (Lipinski definition) is 1. The van der Waals surface area contributed by atoms with Gasteiger partial charge in [-0.25, -0.2) is 0 Å².